The van der Waals surface area contributed by atoms with Crippen LogP contribution in [0.3, 0.4) is 0 Å². The number of hydrogen-bond acceptors (Lipinski definition) is 2. The minimum Gasteiger partial charge on any atom is -0.311 e. The van der Waals surface area contributed by atoms with Crippen LogP contribution in [0, 0.1) is 0 Å². The molecule has 8 aromatic carbocycles. The van der Waals surface area contributed by atoms with Gasteiger partial charge in [-0.15, -0.1) is 11.3 Å². The lowest BCUT2D eigenvalue weighted by molar-refractivity contribution is 1.28. The van der Waals surface area contributed by atoms with E-state index in [0.717, 1.165) is 17.1 Å². The summed E-state index contributed by atoms with van der Waals surface area (Å²) in [5.41, 5.74) is 10.7. The van der Waals surface area contributed by atoms with Gasteiger partial charge in [-0.3, -0.25) is 0 Å². The molecule has 0 unspecified atom stereocenters. The van der Waals surface area contributed by atoms with E-state index in [1.165, 1.54) is 64.3 Å². The van der Waals surface area contributed by atoms with Gasteiger partial charge in [0, 0.05) is 37.2 Å². The standard InChI is InChI=1S/C46H31NS/c1-3-10-32(11-4-1)33-18-20-34(21-19-33)35-22-27-39(28-23-35)47(38-13-5-2-6-14-38)40-29-24-37(25-30-40)42-16-9-17-43-44-31-26-36-12-7-8-15-41(36)46(44)48-45(42)43/h1-31H. The summed E-state index contributed by atoms with van der Waals surface area (Å²) >= 11 is 1.91. The van der Waals surface area contributed by atoms with E-state index in [2.05, 4.69) is 193 Å². The van der Waals surface area contributed by atoms with Crippen LogP contribution in [0.25, 0.3) is 64.3 Å². The van der Waals surface area contributed by atoms with Crippen molar-refractivity contribution in [3.8, 4) is 33.4 Å². The number of nitrogens with zero attached hydrogens (tertiary/aromatic N) is 1. The quantitative estimate of drug-likeness (QED) is 0.177. The van der Waals surface area contributed by atoms with Gasteiger partial charge in [0.25, 0.3) is 0 Å². The molecular weight excluding hydrogens is 599 g/mol. The van der Waals surface area contributed by atoms with Crippen molar-refractivity contribution >= 4 is 59.3 Å². The molecule has 0 saturated carbocycles. The number of para-hydroxylation sites is 1. The topological polar surface area (TPSA) is 3.24 Å². The Morgan fingerprint density at radius 3 is 1.44 bits per heavy atom. The van der Waals surface area contributed by atoms with E-state index < -0.39 is 0 Å². The summed E-state index contributed by atoms with van der Waals surface area (Å²) in [7, 11) is 0. The van der Waals surface area contributed by atoms with Crippen LogP contribution in [-0.2, 0) is 0 Å². The van der Waals surface area contributed by atoms with E-state index in [-0.39, 0.29) is 0 Å². The second-order valence-corrected chi connectivity index (χ2v) is 13.2. The van der Waals surface area contributed by atoms with Crippen LogP contribution in [0.1, 0.15) is 0 Å². The molecule has 9 rings (SSSR count). The van der Waals surface area contributed by atoms with Gasteiger partial charge in [-0.25, -0.2) is 0 Å². The number of thiophene rings is 1. The minimum atomic E-state index is 1.12. The molecule has 0 aliphatic carbocycles. The highest BCUT2D eigenvalue weighted by molar-refractivity contribution is 7.27. The highest BCUT2D eigenvalue weighted by Gasteiger charge is 2.15. The Hall–Kier alpha value is -5.96. The average molecular weight is 630 g/mol. The largest absolute Gasteiger partial charge is 0.311 e. The molecule has 0 amide bonds. The Kier molecular flexibility index (Phi) is 7.07. The van der Waals surface area contributed by atoms with Crippen molar-refractivity contribution in [2.24, 2.45) is 0 Å². The predicted molar refractivity (Wildman–Crippen MR) is 208 cm³/mol. The summed E-state index contributed by atoms with van der Waals surface area (Å²) in [5.74, 6) is 0. The van der Waals surface area contributed by atoms with E-state index in [1.54, 1.807) is 0 Å². The summed E-state index contributed by atoms with van der Waals surface area (Å²) in [6.45, 7) is 0. The molecule has 0 saturated heterocycles. The molecule has 1 aromatic heterocycles. The number of anilines is 3. The first-order chi connectivity index (χ1) is 23.8. The lowest BCUT2D eigenvalue weighted by Gasteiger charge is -2.26. The van der Waals surface area contributed by atoms with Gasteiger partial charge in [0.15, 0.2) is 0 Å². The Bertz CT molecular complexity index is 2510. The maximum atomic E-state index is 2.33. The van der Waals surface area contributed by atoms with E-state index in [4.69, 9.17) is 0 Å². The molecule has 0 spiro atoms. The fraction of sp³-hybridized carbons (Fsp3) is 0. The summed E-state index contributed by atoms with van der Waals surface area (Å²) in [5, 5.41) is 5.27. The molecule has 2 heteroatoms. The molecule has 226 valence electrons. The molecule has 0 aliphatic heterocycles. The molecule has 0 aliphatic rings. The van der Waals surface area contributed by atoms with Gasteiger partial charge in [-0.05, 0) is 80.6 Å². The maximum absolute atomic E-state index is 2.33. The lowest BCUT2D eigenvalue weighted by Crippen LogP contribution is -2.09. The molecule has 0 bridgehead atoms. The van der Waals surface area contributed by atoms with E-state index in [0.29, 0.717) is 0 Å². The van der Waals surface area contributed by atoms with Gasteiger partial charge < -0.3 is 4.90 Å². The lowest BCUT2D eigenvalue weighted by atomic mass is 10.00. The Morgan fingerprint density at radius 2 is 0.771 bits per heavy atom. The third-order valence-corrected chi connectivity index (χ3v) is 10.6. The first-order valence-electron chi connectivity index (χ1n) is 16.3. The molecule has 1 nitrogen and oxygen atoms in total. The summed E-state index contributed by atoms with van der Waals surface area (Å²) in [4.78, 5) is 2.33. The van der Waals surface area contributed by atoms with Crippen LogP contribution in [0.4, 0.5) is 17.1 Å². The molecule has 0 radical (unpaired) electrons. The molecular formula is C46H31NS. The first-order valence-corrected chi connectivity index (χ1v) is 17.2. The Labute approximate surface area is 284 Å². The SMILES string of the molecule is c1ccc(-c2ccc(-c3ccc(N(c4ccccc4)c4ccc(-c5cccc6c5sc5c7ccccc7ccc65)cc4)cc3)cc2)cc1. The number of hydrogen-bond donors (Lipinski definition) is 0. The second-order valence-electron chi connectivity index (χ2n) is 12.2. The second kappa shape index (κ2) is 12.0. The smallest absolute Gasteiger partial charge is 0.0462 e. The Balaban J connectivity index is 1.06. The molecule has 0 atom stereocenters. The van der Waals surface area contributed by atoms with Crippen molar-refractivity contribution in [2.45, 2.75) is 0 Å². The maximum Gasteiger partial charge on any atom is 0.0462 e. The normalized spacial score (nSPS) is 11.3. The summed E-state index contributed by atoms with van der Waals surface area (Å²) in [6.07, 6.45) is 0. The van der Waals surface area contributed by atoms with Crippen LogP contribution in [0.5, 0.6) is 0 Å². The zero-order valence-corrected chi connectivity index (χ0v) is 27.1. The Morgan fingerprint density at radius 1 is 0.292 bits per heavy atom. The molecule has 1 heterocycles. The first kappa shape index (κ1) is 28.3. The molecule has 0 fully saturated rings. The zero-order chi connectivity index (χ0) is 31.9. The van der Waals surface area contributed by atoms with Gasteiger partial charge in [0.1, 0.15) is 0 Å². The van der Waals surface area contributed by atoms with Crippen molar-refractivity contribution < 1.29 is 0 Å². The number of benzene rings is 8. The summed E-state index contributed by atoms with van der Waals surface area (Å²) < 4.78 is 2.70. The van der Waals surface area contributed by atoms with E-state index >= 15 is 0 Å². The van der Waals surface area contributed by atoms with E-state index in [1.807, 2.05) is 11.3 Å². The van der Waals surface area contributed by atoms with Crippen LogP contribution >= 0.6 is 11.3 Å². The number of rotatable bonds is 6. The summed E-state index contributed by atoms with van der Waals surface area (Å²) in [6, 6.07) is 67.9. The fourth-order valence-electron chi connectivity index (χ4n) is 6.86. The van der Waals surface area contributed by atoms with Crippen LogP contribution < -0.4 is 4.90 Å². The van der Waals surface area contributed by atoms with Gasteiger partial charge in [-0.1, -0.05) is 152 Å². The fourth-order valence-corrected chi connectivity index (χ4v) is 8.23. The average Bonchev–Trinajstić information content (AvgIpc) is 3.56. The van der Waals surface area contributed by atoms with Gasteiger partial charge in [-0.2, -0.15) is 0 Å². The molecule has 0 N–H and O–H groups in total. The van der Waals surface area contributed by atoms with Gasteiger partial charge in [0.05, 0.1) is 0 Å². The van der Waals surface area contributed by atoms with Crippen molar-refractivity contribution in [3.05, 3.63) is 188 Å². The van der Waals surface area contributed by atoms with Crippen LogP contribution in [0.2, 0.25) is 0 Å². The third-order valence-electron chi connectivity index (χ3n) is 9.29. The van der Waals surface area contributed by atoms with Crippen molar-refractivity contribution in [1.82, 2.24) is 0 Å². The van der Waals surface area contributed by atoms with Gasteiger partial charge >= 0.3 is 0 Å². The molecule has 48 heavy (non-hydrogen) atoms. The van der Waals surface area contributed by atoms with Crippen molar-refractivity contribution in [3.63, 3.8) is 0 Å². The van der Waals surface area contributed by atoms with Crippen molar-refractivity contribution in [2.75, 3.05) is 4.90 Å². The zero-order valence-electron chi connectivity index (χ0n) is 26.3. The monoisotopic (exact) mass is 629 g/mol. The van der Waals surface area contributed by atoms with Gasteiger partial charge in [0.2, 0.25) is 0 Å². The highest BCUT2D eigenvalue weighted by Crippen LogP contribution is 2.43. The van der Waals surface area contributed by atoms with E-state index in [9.17, 15) is 0 Å². The molecule has 9 aromatic rings. The predicted octanol–water partition coefficient (Wildman–Crippen LogP) is 13.7. The highest BCUT2D eigenvalue weighted by atomic mass is 32.1. The third kappa shape index (κ3) is 5.04. The van der Waals surface area contributed by atoms with Crippen LogP contribution in [0.15, 0.2) is 188 Å². The van der Waals surface area contributed by atoms with Crippen molar-refractivity contribution in [1.29, 1.82) is 0 Å². The van der Waals surface area contributed by atoms with Crippen LogP contribution in [-0.4, -0.2) is 0 Å². The number of fused-ring (bicyclic) bond motifs is 5. The minimum absolute atomic E-state index is 1.12.